The van der Waals surface area contributed by atoms with Gasteiger partial charge in [-0.1, -0.05) is 18.2 Å². The average molecular weight is 320 g/mol. The molecule has 1 amide bonds. The second-order valence-corrected chi connectivity index (χ2v) is 6.64. The summed E-state index contributed by atoms with van der Waals surface area (Å²) in [5.41, 5.74) is 0.350. The number of hydrogen-bond donors (Lipinski definition) is 1. The monoisotopic (exact) mass is 320 g/mol. The molecule has 0 aromatic heterocycles. The van der Waals surface area contributed by atoms with Gasteiger partial charge in [-0.3, -0.25) is 4.79 Å². The van der Waals surface area contributed by atoms with Crippen LogP contribution in [0.3, 0.4) is 0 Å². The zero-order valence-corrected chi connectivity index (χ0v) is 13.5. The summed E-state index contributed by atoms with van der Waals surface area (Å²) in [6, 6.07) is 6.37. The van der Waals surface area contributed by atoms with Gasteiger partial charge in [0.05, 0.1) is 6.10 Å². The van der Waals surface area contributed by atoms with Gasteiger partial charge in [0, 0.05) is 31.1 Å². The number of nitrogens with zero attached hydrogens (tertiary/aromatic N) is 2. The van der Waals surface area contributed by atoms with Gasteiger partial charge >= 0.3 is 0 Å². The molecule has 4 nitrogen and oxygen atoms in total. The van der Waals surface area contributed by atoms with Gasteiger partial charge in [0.25, 0.3) is 0 Å². The molecule has 5 heteroatoms. The maximum atomic E-state index is 13.7. The van der Waals surface area contributed by atoms with Crippen molar-refractivity contribution in [2.45, 2.75) is 31.8 Å². The Hall–Kier alpha value is -1.46. The van der Waals surface area contributed by atoms with Gasteiger partial charge in [-0.25, -0.2) is 4.39 Å². The van der Waals surface area contributed by atoms with E-state index in [9.17, 15) is 14.3 Å². The topological polar surface area (TPSA) is 43.8 Å². The molecule has 2 heterocycles. The first-order valence-electron chi connectivity index (χ1n) is 8.59. The lowest BCUT2D eigenvalue weighted by Gasteiger charge is -2.34. The Kier molecular flexibility index (Phi) is 5.28. The minimum absolute atomic E-state index is 0.120. The smallest absolute Gasteiger partial charge is 0.225 e. The van der Waals surface area contributed by atoms with Crippen molar-refractivity contribution in [2.75, 3.05) is 32.7 Å². The van der Waals surface area contributed by atoms with Gasteiger partial charge in [-0.2, -0.15) is 0 Å². The molecule has 1 unspecified atom stereocenters. The van der Waals surface area contributed by atoms with E-state index in [1.165, 1.54) is 6.07 Å². The minimum Gasteiger partial charge on any atom is -0.387 e. The molecule has 3 rings (SSSR count). The number of halogens is 1. The zero-order chi connectivity index (χ0) is 16.2. The molecule has 2 aliphatic heterocycles. The number of aliphatic hydroxyl groups excluding tert-OH is 1. The molecule has 1 aromatic carbocycles. The van der Waals surface area contributed by atoms with Gasteiger partial charge in [0.2, 0.25) is 5.91 Å². The molecule has 1 atom stereocenters. The van der Waals surface area contributed by atoms with E-state index in [1.807, 2.05) is 4.90 Å². The lowest BCUT2D eigenvalue weighted by Crippen LogP contribution is -2.42. The normalized spacial score (nSPS) is 21.6. The first-order valence-corrected chi connectivity index (χ1v) is 8.59. The number of hydrogen-bond acceptors (Lipinski definition) is 3. The molecule has 2 aliphatic rings. The Labute approximate surface area is 136 Å². The van der Waals surface area contributed by atoms with Gasteiger partial charge < -0.3 is 14.9 Å². The molecule has 1 aromatic rings. The molecule has 23 heavy (non-hydrogen) atoms. The highest BCUT2D eigenvalue weighted by atomic mass is 19.1. The molecule has 0 aliphatic carbocycles. The molecule has 1 N–H and O–H groups in total. The highest BCUT2D eigenvalue weighted by Gasteiger charge is 2.30. The Bertz CT molecular complexity index is 538. The van der Waals surface area contributed by atoms with Crippen LogP contribution < -0.4 is 0 Å². The van der Waals surface area contributed by atoms with Gasteiger partial charge in [-0.15, -0.1) is 0 Å². The van der Waals surface area contributed by atoms with Crippen LogP contribution in [0.25, 0.3) is 0 Å². The van der Waals surface area contributed by atoms with Crippen molar-refractivity contribution in [1.82, 2.24) is 9.80 Å². The van der Waals surface area contributed by atoms with Crippen LogP contribution in [0.4, 0.5) is 4.39 Å². The lowest BCUT2D eigenvalue weighted by atomic mass is 9.95. The maximum absolute atomic E-state index is 13.7. The fourth-order valence-electron chi connectivity index (χ4n) is 3.65. The molecule has 0 radical (unpaired) electrons. The molecule has 0 bridgehead atoms. The summed E-state index contributed by atoms with van der Waals surface area (Å²) < 4.78 is 13.7. The minimum atomic E-state index is -0.818. The maximum Gasteiger partial charge on any atom is 0.225 e. The van der Waals surface area contributed by atoms with Crippen molar-refractivity contribution in [3.05, 3.63) is 35.6 Å². The van der Waals surface area contributed by atoms with E-state index in [0.717, 1.165) is 51.9 Å². The van der Waals surface area contributed by atoms with Gasteiger partial charge in [0.15, 0.2) is 0 Å². The summed E-state index contributed by atoms with van der Waals surface area (Å²) in [4.78, 5) is 16.5. The molecule has 0 saturated carbocycles. The van der Waals surface area contributed by atoms with Crippen molar-refractivity contribution in [3.8, 4) is 0 Å². The number of carbonyl (C=O) groups is 1. The van der Waals surface area contributed by atoms with E-state index >= 15 is 0 Å². The SMILES string of the molecule is O=C(C1CCN(CC(O)c2ccccc2F)CC1)N1CCCC1. The fourth-order valence-corrected chi connectivity index (χ4v) is 3.65. The van der Waals surface area contributed by atoms with Gasteiger partial charge in [-0.05, 0) is 44.8 Å². The number of piperidine rings is 1. The molecular formula is C18H25FN2O2. The number of benzene rings is 1. The number of rotatable bonds is 4. The predicted octanol–water partition coefficient (Wildman–Crippen LogP) is 2.19. The van der Waals surface area contributed by atoms with Crippen molar-refractivity contribution in [2.24, 2.45) is 5.92 Å². The Morgan fingerprint density at radius 2 is 1.83 bits per heavy atom. The Balaban J connectivity index is 1.49. The first kappa shape index (κ1) is 16.4. The van der Waals surface area contributed by atoms with Crippen molar-refractivity contribution >= 4 is 5.91 Å². The third-order valence-electron chi connectivity index (χ3n) is 5.05. The van der Waals surface area contributed by atoms with Crippen molar-refractivity contribution in [3.63, 3.8) is 0 Å². The van der Waals surface area contributed by atoms with E-state index in [0.29, 0.717) is 18.0 Å². The standard InChI is InChI=1S/C18H25FN2O2/c19-16-6-2-1-5-15(16)17(22)13-20-11-7-14(8-12-20)18(23)21-9-3-4-10-21/h1-2,5-6,14,17,22H,3-4,7-13H2. The molecular weight excluding hydrogens is 295 g/mol. The number of carbonyl (C=O) groups excluding carboxylic acids is 1. The number of likely N-dealkylation sites (tertiary alicyclic amines) is 2. The van der Waals surface area contributed by atoms with Crippen LogP contribution in [-0.2, 0) is 4.79 Å². The number of β-amino-alcohol motifs (C(OH)–C–C–N with tert-alkyl or cyclic N) is 1. The Morgan fingerprint density at radius 3 is 2.48 bits per heavy atom. The molecule has 2 fully saturated rings. The average Bonchev–Trinajstić information content (AvgIpc) is 3.09. The third-order valence-corrected chi connectivity index (χ3v) is 5.05. The summed E-state index contributed by atoms with van der Waals surface area (Å²) >= 11 is 0. The summed E-state index contributed by atoms with van der Waals surface area (Å²) in [5, 5.41) is 10.2. The van der Waals surface area contributed by atoms with Crippen LogP contribution >= 0.6 is 0 Å². The summed E-state index contributed by atoms with van der Waals surface area (Å²) in [7, 11) is 0. The lowest BCUT2D eigenvalue weighted by molar-refractivity contribution is -0.136. The third kappa shape index (κ3) is 3.90. The first-order chi connectivity index (χ1) is 11.1. The highest BCUT2D eigenvalue weighted by Crippen LogP contribution is 2.24. The second-order valence-electron chi connectivity index (χ2n) is 6.64. The van der Waals surface area contributed by atoms with Crippen LogP contribution in [0, 0.1) is 11.7 Å². The van der Waals surface area contributed by atoms with E-state index < -0.39 is 6.10 Å². The predicted molar refractivity (Wildman–Crippen MR) is 86.3 cm³/mol. The number of amides is 1. The largest absolute Gasteiger partial charge is 0.387 e. The number of aliphatic hydroxyl groups is 1. The van der Waals surface area contributed by atoms with E-state index in [1.54, 1.807) is 18.2 Å². The van der Waals surface area contributed by atoms with E-state index in [4.69, 9.17) is 0 Å². The zero-order valence-electron chi connectivity index (χ0n) is 13.5. The molecule has 2 saturated heterocycles. The Morgan fingerprint density at radius 1 is 1.17 bits per heavy atom. The van der Waals surface area contributed by atoms with Crippen molar-refractivity contribution in [1.29, 1.82) is 0 Å². The van der Waals surface area contributed by atoms with Crippen molar-refractivity contribution < 1.29 is 14.3 Å². The fraction of sp³-hybridized carbons (Fsp3) is 0.611. The van der Waals surface area contributed by atoms with Crippen LogP contribution in [0.1, 0.15) is 37.4 Å². The van der Waals surface area contributed by atoms with Crippen LogP contribution in [-0.4, -0.2) is 53.5 Å². The second kappa shape index (κ2) is 7.41. The highest BCUT2D eigenvalue weighted by molar-refractivity contribution is 5.79. The molecule has 126 valence electrons. The summed E-state index contributed by atoms with van der Waals surface area (Å²) in [5.74, 6) is 0.0610. The van der Waals surface area contributed by atoms with E-state index in [-0.39, 0.29) is 11.7 Å². The quantitative estimate of drug-likeness (QED) is 0.925. The summed E-state index contributed by atoms with van der Waals surface area (Å²) in [6.07, 6.45) is 3.10. The molecule has 0 spiro atoms. The van der Waals surface area contributed by atoms with E-state index in [2.05, 4.69) is 4.90 Å². The summed E-state index contributed by atoms with van der Waals surface area (Å²) in [6.45, 7) is 3.81. The van der Waals surface area contributed by atoms with Crippen LogP contribution in [0.2, 0.25) is 0 Å². The van der Waals surface area contributed by atoms with Crippen LogP contribution in [0.15, 0.2) is 24.3 Å². The van der Waals surface area contributed by atoms with Crippen LogP contribution in [0.5, 0.6) is 0 Å². The van der Waals surface area contributed by atoms with Gasteiger partial charge in [0.1, 0.15) is 5.82 Å².